The summed E-state index contributed by atoms with van der Waals surface area (Å²) in [5.74, 6) is 0.679. The maximum atomic E-state index is 12.1. The summed E-state index contributed by atoms with van der Waals surface area (Å²) >= 11 is 0. The first-order valence-electron chi connectivity index (χ1n) is 8.10. The van der Waals surface area contributed by atoms with E-state index in [9.17, 15) is 13.2 Å². The Morgan fingerprint density at radius 1 is 1.00 bits per heavy atom. The minimum absolute atomic E-state index is 0.246. The molecule has 1 saturated carbocycles. The van der Waals surface area contributed by atoms with Crippen molar-refractivity contribution < 1.29 is 13.2 Å². The number of halogens is 3. The zero-order valence-corrected chi connectivity index (χ0v) is 12.1. The summed E-state index contributed by atoms with van der Waals surface area (Å²) in [6.45, 7) is 1.85. The molecule has 0 bridgehead atoms. The molecule has 0 amide bonds. The summed E-state index contributed by atoms with van der Waals surface area (Å²) in [5.41, 5.74) is 0. The van der Waals surface area contributed by atoms with Crippen LogP contribution in [-0.4, -0.2) is 31.3 Å². The Balaban J connectivity index is 1.64. The molecule has 2 fully saturated rings. The van der Waals surface area contributed by atoms with Crippen molar-refractivity contribution in [2.75, 3.05) is 13.1 Å². The standard InChI is InChI=1S/C15H27F3N2/c16-15(17,18)9-2-4-11-20-14-8-5-6-12(14)13-7-1-3-10-19-13/h12-14,19-20H,1-11H2. The lowest BCUT2D eigenvalue weighted by atomic mass is 9.88. The number of hydrogen-bond acceptors (Lipinski definition) is 2. The third-order valence-corrected chi connectivity index (χ3v) is 4.73. The Kier molecular flexibility index (Phi) is 6.15. The Labute approximate surface area is 119 Å². The number of hydrogen-bond donors (Lipinski definition) is 2. The van der Waals surface area contributed by atoms with Gasteiger partial charge in [-0.15, -0.1) is 0 Å². The molecule has 0 spiro atoms. The van der Waals surface area contributed by atoms with Gasteiger partial charge in [-0.2, -0.15) is 13.2 Å². The Hall–Kier alpha value is -0.290. The third-order valence-electron chi connectivity index (χ3n) is 4.73. The van der Waals surface area contributed by atoms with Crippen molar-refractivity contribution in [3.63, 3.8) is 0 Å². The van der Waals surface area contributed by atoms with E-state index in [-0.39, 0.29) is 6.42 Å². The van der Waals surface area contributed by atoms with Crippen LogP contribution in [0, 0.1) is 5.92 Å². The predicted octanol–water partition coefficient (Wildman–Crippen LogP) is 3.62. The van der Waals surface area contributed by atoms with E-state index in [1.54, 1.807) is 0 Å². The van der Waals surface area contributed by atoms with Crippen molar-refractivity contribution in [1.82, 2.24) is 10.6 Å². The lowest BCUT2D eigenvalue weighted by molar-refractivity contribution is -0.135. The summed E-state index contributed by atoms with van der Waals surface area (Å²) < 4.78 is 36.2. The van der Waals surface area contributed by atoms with Gasteiger partial charge in [-0.25, -0.2) is 0 Å². The SMILES string of the molecule is FC(F)(F)CCCCNC1CCCC1C1CCCCN1. The molecule has 20 heavy (non-hydrogen) atoms. The van der Waals surface area contributed by atoms with Gasteiger partial charge in [-0.05, 0) is 57.5 Å². The van der Waals surface area contributed by atoms with E-state index in [0.29, 0.717) is 24.4 Å². The Morgan fingerprint density at radius 3 is 2.55 bits per heavy atom. The van der Waals surface area contributed by atoms with Crippen molar-refractivity contribution in [2.24, 2.45) is 5.92 Å². The van der Waals surface area contributed by atoms with Gasteiger partial charge in [0.15, 0.2) is 0 Å². The number of rotatable bonds is 6. The second kappa shape index (κ2) is 7.64. The van der Waals surface area contributed by atoms with E-state index >= 15 is 0 Å². The third kappa shape index (κ3) is 5.24. The van der Waals surface area contributed by atoms with Crippen LogP contribution < -0.4 is 10.6 Å². The quantitative estimate of drug-likeness (QED) is 0.731. The van der Waals surface area contributed by atoms with E-state index in [1.165, 1.54) is 38.5 Å². The van der Waals surface area contributed by atoms with E-state index in [1.807, 2.05) is 0 Å². The monoisotopic (exact) mass is 292 g/mol. The molecule has 2 N–H and O–H groups in total. The maximum Gasteiger partial charge on any atom is 0.389 e. The van der Waals surface area contributed by atoms with Crippen LogP contribution in [0.25, 0.3) is 0 Å². The van der Waals surface area contributed by atoms with Gasteiger partial charge < -0.3 is 10.6 Å². The maximum absolute atomic E-state index is 12.1. The van der Waals surface area contributed by atoms with Crippen LogP contribution in [0.15, 0.2) is 0 Å². The zero-order chi connectivity index (χ0) is 14.4. The molecule has 1 saturated heterocycles. The van der Waals surface area contributed by atoms with Crippen LogP contribution in [0.4, 0.5) is 13.2 Å². The van der Waals surface area contributed by atoms with E-state index < -0.39 is 12.6 Å². The molecule has 0 radical (unpaired) electrons. The van der Waals surface area contributed by atoms with Gasteiger partial charge in [-0.1, -0.05) is 12.8 Å². The van der Waals surface area contributed by atoms with Gasteiger partial charge in [0.2, 0.25) is 0 Å². The number of piperidine rings is 1. The van der Waals surface area contributed by atoms with Crippen molar-refractivity contribution >= 4 is 0 Å². The molecule has 2 aliphatic rings. The summed E-state index contributed by atoms with van der Waals surface area (Å²) in [5, 5.41) is 7.13. The molecule has 1 heterocycles. The van der Waals surface area contributed by atoms with Crippen molar-refractivity contribution in [3.8, 4) is 0 Å². The first-order chi connectivity index (χ1) is 9.56. The highest BCUT2D eigenvalue weighted by atomic mass is 19.4. The van der Waals surface area contributed by atoms with Crippen molar-refractivity contribution in [3.05, 3.63) is 0 Å². The topological polar surface area (TPSA) is 24.1 Å². The van der Waals surface area contributed by atoms with Gasteiger partial charge in [0.25, 0.3) is 0 Å². The van der Waals surface area contributed by atoms with E-state index in [2.05, 4.69) is 10.6 Å². The molecule has 0 aromatic heterocycles. The predicted molar refractivity (Wildman–Crippen MR) is 74.7 cm³/mol. The van der Waals surface area contributed by atoms with Crippen molar-refractivity contribution in [2.45, 2.75) is 76.0 Å². The fraction of sp³-hybridized carbons (Fsp3) is 1.00. The molecule has 3 unspecified atom stereocenters. The number of nitrogens with one attached hydrogen (secondary N) is 2. The highest BCUT2D eigenvalue weighted by molar-refractivity contribution is 4.92. The minimum Gasteiger partial charge on any atom is -0.314 e. The van der Waals surface area contributed by atoms with E-state index in [0.717, 1.165) is 13.1 Å². The Bertz CT molecular complexity index is 275. The molecule has 1 aliphatic carbocycles. The van der Waals surface area contributed by atoms with Gasteiger partial charge in [0.1, 0.15) is 0 Å². The summed E-state index contributed by atoms with van der Waals surface area (Å²) in [6.07, 6.45) is 3.77. The van der Waals surface area contributed by atoms with E-state index in [4.69, 9.17) is 0 Å². The first kappa shape index (κ1) is 16.1. The van der Waals surface area contributed by atoms with Crippen LogP contribution in [-0.2, 0) is 0 Å². The smallest absolute Gasteiger partial charge is 0.314 e. The van der Waals surface area contributed by atoms with Crippen LogP contribution in [0.1, 0.15) is 57.8 Å². The molecule has 3 atom stereocenters. The zero-order valence-electron chi connectivity index (χ0n) is 12.1. The van der Waals surface area contributed by atoms with Crippen LogP contribution >= 0.6 is 0 Å². The van der Waals surface area contributed by atoms with Gasteiger partial charge in [-0.3, -0.25) is 0 Å². The minimum atomic E-state index is -4.00. The fourth-order valence-corrected chi connectivity index (χ4v) is 3.71. The second-order valence-electron chi connectivity index (χ2n) is 6.28. The second-order valence-corrected chi connectivity index (χ2v) is 6.28. The molecule has 0 aromatic rings. The summed E-state index contributed by atoms with van der Waals surface area (Å²) in [4.78, 5) is 0. The first-order valence-corrected chi connectivity index (χ1v) is 8.10. The lowest BCUT2D eigenvalue weighted by Gasteiger charge is -2.33. The molecule has 1 aliphatic heterocycles. The summed E-state index contributed by atoms with van der Waals surface area (Å²) in [6, 6.07) is 1.13. The molecule has 2 nitrogen and oxygen atoms in total. The van der Waals surface area contributed by atoms with Crippen LogP contribution in [0.2, 0.25) is 0 Å². The van der Waals surface area contributed by atoms with Crippen LogP contribution in [0.3, 0.4) is 0 Å². The van der Waals surface area contributed by atoms with Gasteiger partial charge in [0.05, 0.1) is 0 Å². The van der Waals surface area contributed by atoms with Crippen LogP contribution in [0.5, 0.6) is 0 Å². The average Bonchev–Trinajstić information content (AvgIpc) is 2.86. The molecule has 5 heteroatoms. The molecular formula is C15H27F3N2. The Morgan fingerprint density at radius 2 is 1.85 bits per heavy atom. The lowest BCUT2D eigenvalue weighted by Crippen LogP contribution is -2.47. The molecule has 118 valence electrons. The van der Waals surface area contributed by atoms with Gasteiger partial charge in [0, 0.05) is 18.5 Å². The molecule has 2 rings (SSSR count). The molecular weight excluding hydrogens is 265 g/mol. The summed E-state index contributed by atoms with van der Waals surface area (Å²) in [7, 11) is 0. The highest BCUT2D eigenvalue weighted by Crippen LogP contribution is 2.31. The van der Waals surface area contributed by atoms with Gasteiger partial charge >= 0.3 is 6.18 Å². The largest absolute Gasteiger partial charge is 0.389 e. The average molecular weight is 292 g/mol. The normalized spacial score (nSPS) is 31.6. The molecule has 0 aromatic carbocycles. The number of unbranched alkanes of at least 4 members (excludes halogenated alkanes) is 1. The van der Waals surface area contributed by atoms with Crippen molar-refractivity contribution in [1.29, 1.82) is 0 Å². The highest BCUT2D eigenvalue weighted by Gasteiger charge is 2.33. The number of alkyl halides is 3. The fourth-order valence-electron chi connectivity index (χ4n) is 3.71.